The van der Waals surface area contributed by atoms with E-state index in [2.05, 4.69) is 15.4 Å². The van der Waals surface area contributed by atoms with E-state index in [1.165, 1.54) is 22.7 Å². The maximum Gasteiger partial charge on any atom is 0.236 e. The number of methoxy groups -OCH3 is 1. The molecule has 18 heavy (non-hydrogen) atoms. The molecule has 0 radical (unpaired) electrons. The van der Waals surface area contributed by atoms with E-state index < -0.39 is 0 Å². The summed E-state index contributed by atoms with van der Waals surface area (Å²) < 4.78 is 8.06. The number of aryl methyl sites for hydroxylation is 1. The van der Waals surface area contributed by atoms with Crippen molar-refractivity contribution >= 4 is 5.78 Å². The number of carbonyl (C=O) groups excluding carboxylic acids is 1. The molecule has 0 bridgehead atoms. The molecule has 0 fully saturated rings. The van der Waals surface area contributed by atoms with Crippen molar-refractivity contribution in [3.05, 3.63) is 23.8 Å². The van der Waals surface area contributed by atoms with Gasteiger partial charge in [0.25, 0.3) is 0 Å². The summed E-state index contributed by atoms with van der Waals surface area (Å²) in [6.45, 7) is 0.953. The van der Waals surface area contributed by atoms with Gasteiger partial charge in [0, 0.05) is 13.6 Å². The Morgan fingerprint density at radius 3 is 3.00 bits per heavy atom. The van der Waals surface area contributed by atoms with E-state index in [0.717, 1.165) is 0 Å². The van der Waals surface area contributed by atoms with Crippen LogP contribution in [0.2, 0.25) is 0 Å². The lowest BCUT2D eigenvalue weighted by molar-refractivity contribution is 0.102. The number of ketones is 1. The van der Waals surface area contributed by atoms with Gasteiger partial charge < -0.3 is 10.5 Å². The number of hydrogen-bond acceptors (Lipinski definition) is 6. The molecule has 0 amide bonds. The minimum atomic E-state index is -0.282. The average Bonchev–Trinajstić information content (AvgIpc) is 2.95. The van der Waals surface area contributed by atoms with Gasteiger partial charge in [-0.1, -0.05) is 5.21 Å². The van der Waals surface area contributed by atoms with E-state index in [1.807, 2.05) is 0 Å². The maximum atomic E-state index is 12.2. The molecule has 0 unspecified atom stereocenters. The van der Waals surface area contributed by atoms with Crippen molar-refractivity contribution in [3.63, 3.8) is 0 Å². The van der Waals surface area contributed by atoms with Crippen molar-refractivity contribution in [2.45, 2.75) is 6.54 Å². The number of nitrogens with zero attached hydrogens (tertiary/aromatic N) is 5. The normalized spacial score (nSPS) is 10.6. The van der Waals surface area contributed by atoms with E-state index in [4.69, 9.17) is 10.5 Å². The quantitative estimate of drug-likeness (QED) is 0.698. The number of aromatic nitrogens is 5. The van der Waals surface area contributed by atoms with Gasteiger partial charge in [-0.3, -0.25) is 14.2 Å². The Bertz CT molecular complexity index is 558. The van der Waals surface area contributed by atoms with Crippen molar-refractivity contribution < 1.29 is 9.53 Å². The third-order valence-corrected chi connectivity index (χ3v) is 2.47. The maximum absolute atomic E-state index is 12.2. The zero-order valence-corrected chi connectivity index (χ0v) is 10.2. The van der Waals surface area contributed by atoms with Crippen LogP contribution in [0.1, 0.15) is 16.2 Å². The lowest BCUT2D eigenvalue weighted by Gasteiger charge is -2.01. The van der Waals surface area contributed by atoms with Gasteiger partial charge in [-0.05, 0) is 0 Å². The average molecular weight is 250 g/mol. The SMILES string of the molecule is COc1cnn(C)c1C(=O)c1cn(CCN)nn1. The molecule has 0 aliphatic rings. The third-order valence-electron chi connectivity index (χ3n) is 2.47. The van der Waals surface area contributed by atoms with Crippen LogP contribution in [-0.4, -0.2) is 44.2 Å². The molecule has 2 rings (SSSR count). The number of rotatable bonds is 5. The number of nitrogens with two attached hydrogens (primary N) is 1. The Kier molecular flexibility index (Phi) is 3.38. The Morgan fingerprint density at radius 2 is 2.33 bits per heavy atom. The highest BCUT2D eigenvalue weighted by molar-refractivity contribution is 6.08. The summed E-state index contributed by atoms with van der Waals surface area (Å²) in [4.78, 5) is 12.2. The van der Waals surface area contributed by atoms with Gasteiger partial charge in [0.15, 0.2) is 17.1 Å². The summed E-state index contributed by atoms with van der Waals surface area (Å²) in [6.07, 6.45) is 3.04. The van der Waals surface area contributed by atoms with E-state index in [1.54, 1.807) is 13.2 Å². The molecule has 0 aliphatic carbocycles. The fourth-order valence-electron chi connectivity index (χ4n) is 1.59. The Hall–Kier alpha value is -2.22. The van der Waals surface area contributed by atoms with E-state index >= 15 is 0 Å². The molecule has 8 nitrogen and oxygen atoms in total. The first-order valence-electron chi connectivity index (χ1n) is 5.38. The van der Waals surface area contributed by atoms with Crippen LogP contribution in [0.5, 0.6) is 5.75 Å². The molecule has 2 N–H and O–H groups in total. The molecule has 2 aromatic rings. The summed E-state index contributed by atoms with van der Waals surface area (Å²) in [7, 11) is 3.15. The predicted molar refractivity (Wildman–Crippen MR) is 62.3 cm³/mol. The van der Waals surface area contributed by atoms with Crippen molar-refractivity contribution in [1.82, 2.24) is 24.8 Å². The minimum Gasteiger partial charge on any atom is -0.493 e. The molecular formula is C10H14N6O2. The van der Waals surface area contributed by atoms with Gasteiger partial charge in [-0.25, -0.2) is 0 Å². The molecule has 2 heterocycles. The highest BCUT2D eigenvalue weighted by Gasteiger charge is 2.21. The summed E-state index contributed by atoms with van der Waals surface area (Å²) in [5.41, 5.74) is 5.99. The molecule has 2 aromatic heterocycles. The monoisotopic (exact) mass is 250 g/mol. The Morgan fingerprint density at radius 1 is 1.56 bits per heavy atom. The zero-order chi connectivity index (χ0) is 13.1. The first-order chi connectivity index (χ1) is 8.67. The number of hydrogen-bond donors (Lipinski definition) is 1. The van der Waals surface area contributed by atoms with Gasteiger partial charge in [0.05, 0.1) is 26.0 Å². The highest BCUT2D eigenvalue weighted by Crippen LogP contribution is 2.19. The van der Waals surface area contributed by atoms with Crippen LogP contribution in [0.3, 0.4) is 0 Å². The summed E-state index contributed by atoms with van der Waals surface area (Å²) in [5, 5.41) is 11.6. The Balaban J connectivity index is 2.32. The largest absolute Gasteiger partial charge is 0.493 e. The molecular weight excluding hydrogens is 236 g/mol. The first kappa shape index (κ1) is 12.2. The number of ether oxygens (including phenoxy) is 1. The summed E-state index contributed by atoms with van der Waals surface area (Å²) in [5.74, 6) is 0.131. The minimum absolute atomic E-state index is 0.241. The van der Waals surface area contributed by atoms with Crippen LogP contribution in [0, 0.1) is 0 Å². The van der Waals surface area contributed by atoms with Crippen molar-refractivity contribution in [2.24, 2.45) is 12.8 Å². The molecule has 8 heteroatoms. The Labute approximate surface area is 103 Å². The predicted octanol–water partition coefficient (Wildman–Crippen LogP) is -0.790. The topological polar surface area (TPSA) is 101 Å². The van der Waals surface area contributed by atoms with Crippen LogP contribution < -0.4 is 10.5 Å². The summed E-state index contributed by atoms with van der Waals surface area (Å²) in [6, 6.07) is 0. The molecule has 0 aliphatic heterocycles. The summed E-state index contributed by atoms with van der Waals surface area (Å²) >= 11 is 0. The van der Waals surface area contributed by atoms with Crippen molar-refractivity contribution in [1.29, 1.82) is 0 Å². The molecule has 0 saturated heterocycles. The van der Waals surface area contributed by atoms with Crippen LogP contribution in [0.25, 0.3) is 0 Å². The van der Waals surface area contributed by atoms with Gasteiger partial charge in [-0.15, -0.1) is 5.10 Å². The van der Waals surface area contributed by atoms with Crippen molar-refractivity contribution in [2.75, 3.05) is 13.7 Å². The molecule has 0 aromatic carbocycles. The standard InChI is InChI=1S/C10H14N6O2/c1-15-9(8(18-2)5-12-15)10(17)7-6-16(4-3-11)14-13-7/h5-6H,3-4,11H2,1-2H3. The third kappa shape index (κ3) is 2.09. The van der Waals surface area contributed by atoms with Crippen molar-refractivity contribution in [3.8, 4) is 5.75 Å². The zero-order valence-electron chi connectivity index (χ0n) is 10.2. The van der Waals surface area contributed by atoms with E-state index in [-0.39, 0.29) is 11.5 Å². The highest BCUT2D eigenvalue weighted by atomic mass is 16.5. The van der Waals surface area contributed by atoms with Crippen LogP contribution in [0.15, 0.2) is 12.4 Å². The second kappa shape index (κ2) is 4.96. The van der Waals surface area contributed by atoms with Gasteiger partial charge in [0.1, 0.15) is 0 Å². The molecule has 0 spiro atoms. The van der Waals surface area contributed by atoms with Crippen LogP contribution in [-0.2, 0) is 13.6 Å². The van der Waals surface area contributed by atoms with E-state index in [0.29, 0.717) is 24.5 Å². The molecule has 96 valence electrons. The molecule has 0 saturated carbocycles. The van der Waals surface area contributed by atoms with Crippen LogP contribution >= 0.6 is 0 Å². The van der Waals surface area contributed by atoms with Gasteiger partial charge >= 0.3 is 0 Å². The molecule has 0 atom stereocenters. The fraction of sp³-hybridized carbons (Fsp3) is 0.400. The number of carbonyl (C=O) groups is 1. The van der Waals surface area contributed by atoms with Crippen LogP contribution in [0.4, 0.5) is 0 Å². The smallest absolute Gasteiger partial charge is 0.236 e. The fourth-order valence-corrected chi connectivity index (χ4v) is 1.59. The second-order valence-corrected chi connectivity index (χ2v) is 3.67. The first-order valence-corrected chi connectivity index (χ1v) is 5.38. The van der Waals surface area contributed by atoms with Gasteiger partial charge in [0.2, 0.25) is 5.78 Å². The second-order valence-electron chi connectivity index (χ2n) is 3.67. The van der Waals surface area contributed by atoms with E-state index in [9.17, 15) is 4.79 Å². The lowest BCUT2D eigenvalue weighted by Crippen LogP contribution is -2.11. The van der Waals surface area contributed by atoms with Gasteiger partial charge in [-0.2, -0.15) is 5.10 Å². The lowest BCUT2D eigenvalue weighted by atomic mass is 10.2.